The number of hydrogen-bond acceptors (Lipinski definition) is 4. The van der Waals surface area contributed by atoms with E-state index in [-0.39, 0.29) is 0 Å². The molecule has 1 fully saturated rings. The second kappa shape index (κ2) is 9.85. The van der Waals surface area contributed by atoms with Crippen LogP contribution < -0.4 is 21.4 Å². The van der Waals surface area contributed by atoms with Crippen molar-refractivity contribution in [2.45, 2.75) is 38.9 Å². The number of benzene rings is 5. The summed E-state index contributed by atoms with van der Waals surface area (Å²) in [5.41, 5.74) is 3.40. The molecule has 1 aromatic heterocycles. The second-order valence-electron chi connectivity index (χ2n) is 12.0. The standard InChI is InChI=1S/C36H32BO4P/c1-35(2)36(3,4)41-37(40-35)26-23-31(34-32(24-26)30-20-11-12-21-33(30)39-34)25-14-13-19-29(22-25)42(38,27-15-7-5-8-16-27)28-17-9-6-10-18-28/h5-24H,1-4H3. The van der Waals surface area contributed by atoms with Crippen LogP contribution in [0.2, 0.25) is 0 Å². The largest absolute Gasteiger partial charge is 0.494 e. The lowest BCUT2D eigenvalue weighted by molar-refractivity contribution is 0.00578. The predicted molar refractivity (Wildman–Crippen MR) is 174 cm³/mol. The number of rotatable bonds is 5. The Labute approximate surface area is 246 Å². The van der Waals surface area contributed by atoms with Crippen LogP contribution in [-0.4, -0.2) is 18.3 Å². The smallest absolute Gasteiger partial charge is 0.455 e. The van der Waals surface area contributed by atoms with Gasteiger partial charge in [0.25, 0.3) is 0 Å². The van der Waals surface area contributed by atoms with Crippen LogP contribution in [0.4, 0.5) is 0 Å². The number of para-hydroxylation sites is 1. The van der Waals surface area contributed by atoms with Gasteiger partial charge in [0.15, 0.2) is 7.14 Å². The molecular formula is C36H32BO4P. The van der Waals surface area contributed by atoms with Gasteiger partial charge in [0.05, 0.1) is 11.2 Å². The summed E-state index contributed by atoms with van der Waals surface area (Å²) in [4.78, 5) is 0. The fourth-order valence-corrected chi connectivity index (χ4v) is 8.47. The van der Waals surface area contributed by atoms with E-state index in [2.05, 4.69) is 58.0 Å². The molecule has 6 heteroatoms. The van der Waals surface area contributed by atoms with Gasteiger partial charge in [0.1, 0.15) is 11.2 Å². The molecule has 0 unspecified atom stereocenters. The minimum Gasteiger partial charge on any atom is -0.455 e. The number of hydrogen-bond donors (Lipinski definition) is 0. The summed E-state index contributed by atoms with van der Waals surface area (Å²) in [6, 6.07) is 39.9. The Balaban J connectivity index is 1.45. The van der Waals surface area contributed by atoms with Crippen molar-refractivity contribution in [1.29, 1.82) is 0 Å². The van der Waals surface area contributed by atoms with Crippen molar-refractivity contribution in [2.24, 2.45) is 0 Å². The molecule has 0 bridgehead atoms. The Morgan fingerprint density at radius 2 is 1.17 bits per heavy atom. The SMILES string of the molecule is CC1(C)OB(c2cc(-c3cccc(P(=O)(c4ccccc4)c4ccccc4)c3)c3oc4ccccc4c3c2)OC1(C)C. The second-order valence-corrected chi connectivity index (χ2v) is 14.7. The van der Waals surface area contributed by atoms with Crippen LogP contribution in [0.1, 0.15) is 27.7 Å². The van der Waals surface area contributed by atoms with Crippen LogP contribution in [0.25, 0.3) is 33.1 Å². The van der Waals surface area contributed by atoms with E-state index >= 15 is 4.57 Å². The van der Waals surface area contributed by atoms with Gasteiger partial charge in [-0.25, -0.2) is 0 Å². The Morgan fingerprint density at radius 1 is 0.595 bits per heavy atom. The summed E-state index contributed by atoms with van der Waals surface area (Å²) in [6.45, 7) is 8.25. The third kappa shape index (κ3) is 4.27. The third-order valence-corrected chi connectivity index (χ3v) is 11.8. The summed E-state index contributed by atoms with van der Waals surface area (Å²) in [7, 11) is -3.69. The maximum absolute atomic E-state index is 15.2. The first-order valence-corrected chi connectivity index (χ1v) is 16.0. The molecule has 4 nitrogen and oxygen atoms in total. The van der Waals surface area contributed by atoms with Gasteiger partial charge in [0, 0.05) is 32.2 Å². The van der Waals surface area contributed by atoms with Gasteiger partial charge in [-0.3, -0.25) is 0 Å². The minimum atomic E-state index is -3.16. The molecule has 42 heavy (non-hydrogen) atoms. The monoisotopic (exact) mass is 570 g/mol. The summed E-state index contributed by atoms with van der Waals surface area (Å²) in [6.07, 6.45) is 0. The summed E-state index contributed by atoms with van der Waals surface area (Å²) in [5.74, 6) is 0. The van der Waals surface area contributed by atoms with Crippen LogP contribution in [-0.2, 0) is 13.9 Å². The normalized spacial score (nSPS) is 16.3. The first kappa shape index (κ1) is 27.0. The minimum absolute atomic E-state index is 0.469. The summed E-state index contributed by atoms with van der Waals surface area (Å²) < 4.78 is 34.6. The van der Waals surface area contributed by atoms with Crippen molar-refractivity contribution in [2.75, 3.05) is 0 Å². The van der Waals surface area contributed by atoms with Crippen molar-refractivity contribution >= 4 is 57.6 Å². The molecule has 208 valence electrons. The molecule has 6 aromatic rings. The first-order valence-electron chi connectivity index (χ1n) is 14.3. The van der Waals surface area contributed by atoms with Crippen molar-refractivity contribution in [3.63, 3.8) is 0 Å². The van der Waals surface area contributed by atoms with Gasteiger partial charge >= 0.3 is 7.12 Å². The zero-order valence-electron chi connectivity index (χ0n) is 24.2. The van der Waals surface area contributed by atoms with E-state index in [0.717, 1.165) is 54.4 Å². The maximum atomic E-state index is 15.2. The van der Waals surface area contributed by atoms with Gasteiger partial charge in [-0.05, 0) is 50.9 Å². The maximum Gasteiger partial charge on any atom is 0.494 e. The van der Waals surface area contributed by atoms with E-state index < -0.39 is 25.5 Å². The van der Waals surface area contributed by atoms with E-state index in [4.69, 9.17) is 13.7 Å². The summed E-state index contributed by atoms with van der Waals surface area (Å²) >= 11 is 0. The number of fused-ring (bicyclic) bond motifs is 3. The molecule has 0 N–H and O–H groups in total. The van der Waals surface area contributed by atoms with Crippen molar-refractivity contribution in [3.8, 4) is 11.1 Å². The quantitative estimate of drug-likeness (QED) is 0.163. The van der Waals surface area contributed by atoms with Crippen LogP contribution in [0.5, 0.6) is 0 Å². The number of furan rings is 1. The Hall–Kier alpha value is -3.89. The fourth-order valence-electron chi connectivity index (χ4n) is 5.77. The van der Waals surface area contributed by atoms with Crippen molar-refractivity contribution in [1.82, 2.24) is 0 Å². The molecule has 2 heterocycles. The Kier molecular flexibility index (Phi) is 6.33. The van der Waals surface area contributed by atoms with Gasteiger partial charge < -0.3 is 18.3 Å². The van der Waals surface area contributed by atoms with Gasteiger partial charge in [0.2, 0.25) is 0 Å². The highest BCUT2D eigenvalue weighted by Gasteiger charge is 2.52. The van der Waals surface area contributed by atoms with Crippen LogP contribution in [0, 0.1) is 0 Å². The molecule has 0 atom stereocenters. The van der Waals surface area contributed by atoms with Gasteiger partial charge in [-0.1, -0.05) is 109 Å². The molecule has 5 aromatic carbocycles. The third-order valence-electron chi connectivity index (χ3n) is 8.79. The van der Waals surface area contributed by atoms with Crippen LogP contribution in [0.3, 0.4) is 0 Å². The topological polar surface area (TPSA) is 48.7 Å². The average Bonchev–Trinajstić information content (AvgIpc) is 3.49. The van der Waals surface area contributed by atoms with E-state index in [0.29, 0.717) is 0 Å². The molecule has 0 saturated carbocycles. The average molecular weight is 570 g/mol. The summed E-state index contributed by atoms with van der Waals surface area (Å²) in [5, 5.41) is 4.39. The zero-order valence-corrected chi connectivity index (χ0v) is 25.1. The van der Waals surface area contributed by atoms with Gasteiger partial charge in [-0.15, -0.1) is 0 Å². The molecule has 7 rings (SSSR count). The van der Waals surface area contributed by atoms with E-state index in [1.165, 1.54) is 0 Å². The lowest BCUT2D eigenvalue weighted by Gasteiger charge is -2.32. The molecular weight excluding hydrogens is 538 g/mol. The lowest BCUT2D eigenvalue weighted by atomic mass is 9.77. The van der Waals surface area contributed by atoms with Crippen LogP contribution >= 0.6 is 7.14 Å². The Morgan fingerprint density at radius 3 is 1.81 bits per heavy atom. The molecule has 1 saturated heterocycles. The molecule has 0 amide bonds. The highest BCUT2D eigenvalue weighted by Crippen LogP contribution is 2.44. The first-order chi connectivity index (χ1) is 20.2. The van der Waals surface area contributed by atoms with Gasteiger partial charge in [-0.2, -0.15) is 0 Å². The molecule has 1 aliphatic rings. The zero-order chi connectivity index (χ0) is 29.1. The highest BCUT2D eigenvalue weighted by atomic mass is 31.2. The predicted octanol–water partition coefficient (Wildman–Crippen LogP) is 7.19. The molecule has 1 aliphatic heterocycles. The van der Waals surface area contributed by atoms with Crippen molar-refractivity contribution < 1.29 is 18.3 Å². The van der Waals surface area contributed by atoms with E-state index in [9.17, 15) is 0 Å². The molecule has 0 spiro atoms. The fraction of sp³-hybridized carbons (Fsp3) is 0.167. The van der Waals surface area contributed by atoms with E-state index in [1.807, 2.05) is 91.0 Å². The molecule has 0 radical (unpaired) electrons. The Bertz CT molecular complexity index is 1920. The van der Waals surface area contributed by atoms with Crippen molar-refractivity contribution in [3.05, 3.63) is 121 Å². The lowest BCUT2D eigenvalue weighted by Crippen LogP contribution is -2.41. The molecule has 0 aliphatic carbocycles. The highest BCUT2D eigenvalue weighted by molar-refractivity contribution is 7.85. The van der Waals surface area contributed by atoms with Crippen LogP contribution in [0.15, 0.2) is 126 Å². The van der Waals surface area contributed by atoms with E-state index in [1.54, 1.807) is 0 Å².